The number of amides is 4. The van der Waals surface area contributed by atoms with Crippen LogP contribution in [0.15, 0.2) is 54.6 Å². The molecule has 2 heterocycles. The molecule has 2 aliphatic rings. The van der Waals surface area contributed by atoms with Crippen LogP contribution in [0, 0.1) is 0 Å². The van der Waals surface area contributed by atoms with E-state index in [4.69, 9.17) is 4.74 Å². The van der Waals surface area contributed by atoms with E-state index in [-0.39, 0.29) is 18.5 Å². The lowest BCUT2D eigenvalue weighted by atomic mass is 10.2. The molecule has 0 spiro atoms. The van der Waals surface area contributed by atoms with Crippen molar-refractivity contribution in [1.82, 2.24) is 9.80 Å². The largest absolute Gasteiger partial charge is 0.455 e. The zero-order chi connectivity index (χ0) is 18.8. The maximum Gasteiger partial charge on any atom is 0.327 e. The van der Waals surface area contributed by atoms with Crippen LogP contribution >= 0.6 is 0 Å². The van der Waals surface area contributed by atoms with Crippen molar-refractivity contribution in [2.24, 2.45) is 0 Å². The average Bonchev–Trinajstić information content (AvgIpc) is 3.24. The Morgan fingerprint density at radius 2 is 1.81 bits per heavy atom. The number of carbonyl (C=O) groups is 3. The molecule has 4 rings (SSSR count). The smallest absolute Gasteiger partial charge is 0.327 e. The van der Waals surface area contributed by atoms with Gasteiger partial charge < -0.3 is 15.0 Å². The van der Waals surface area contributed by atoms with Crippen molar-refractivity contribution in [3.05, 3.63) is 54.6 Å². The molecule has 7 heteroatoms. The summed E-state index contributed by atoms with van der Waals surface area (Å²) in [5.41, 5.74) is 0.478. The Bertz CT molecular complexity index is 862. The molecule has 4 amide bonds. The van der Waals surface area contributed by atoms with Gasteiger partial charge >= 0.3 is 6.03 Å². The summed E-state index contributed by atoms with van der Waals surface area (Å²) in [5.74, 6) is 0.393. The van der Waals surface area contributed by atoms with E-state index < -0.39 is 11.9 Å². The van der Waals surface area contributed by atoms with Gasteiger partial charge in [-0.15, -0.1) is 0 Å². The number of rotatable bonds is 5. The van der Waals surface area contributed by atoms with Crippen molar-refractivity contribution in [1.29, 1.82) is 0 Å². The lowest BCUT2D eigenvalue weighted by Crippen LogP contribution is -2.39. The highest BCUT2D eigenvalue weighted by atomic mass is 16.5. The summed E-state index contributed by atoms with van der Waals surface area (Å²) in [7, 11) is 0. The van der Waals surface area contributed by atoms with Crippen molar-refractivity contribution in [2.45, 2.75) is 18.9 Å². The summed E-state index contributed by atoms with van der Waals surface area (Å²) >= 11 is 0. The highest BCUT2D eigenvalue weighted by Gasteiger charge is 2.47. The molecule has 0 bridgehead atoms. The van der Waals surface area contributed by atoms with Gasteiger partial charge in [0.25, 0.3) is 5.91 Å². The quantitative estimate of drug-likeness (QED) is 0.827. The van der Waals surface area contributed by atoms with Crippen molar-refractivity contribution in [2.75, 3.05) is 18.4 Å². The van der Waals surface area contributed by atoms with Gasteiger partial charge in [-0.2, -0.15) is 0 Å². The van der Waals surface area contributed by atoms with E-state index in [2.05, 4.69) is 5.32 Å². The standard InChI is InChI=1S/C20H19N3O4/c24-18(13-23-19(25)16-10-6-12-22(16)20(23)26)21-15-9-4-5-11-17(15)27-14-7-2-1-3-8-14/h1-5,7-9,11,16H,6,10,12-13H2,(H,21,24). The summed E-state index contributed by atoms with van der Waals surface area (Å²) in [6.45, 7) is 0.269. The number of ether oxygens (including phenoxy) is 1. The molecule has 2 saturated heterocycles. The van der Waals surface area contributed by atoms with Gasteiger partial charge in [-0.05, 0) is 37.1 Å². The number of nitrogens with one attached hydrogen (secondary N) is 1. The van der Waals surface area contributed by atoms with Crippen molar-refractivity contribution in [3.8, 4) is 11.5 Å². The number of nitrogens with zero attached hydrogens (tertiary/aromatic N) is 2. The molecule has 1 unspecified atom stereocenters. The molecule has 138 valence electrons. The van der Waals surface area contributed by atoms with Crippen LogP contribution in [0.1, 0.15) is 12.8 Å². The summed E-state index contributed by atoms with van der Waals surface area (Å²) in [4.78, 5) is 39.7. The highest BCUT2D eigenvalue weighted by molar-refractivity contribution is 6.08. The summed E-state index contributed by atoms with van der Waals surface area (Å²) in [5, 5.41) is 2.74. The monoisotopic (exact) mass is 365 g/mol. The third kappa shape index (κ3) is 3.36. The summed E-state index contributed by atoms with van der Waals surface area (Å²) in [6, 6.07) is 15.5. The minimum atomic E-state index is -0.443. The van der Waals surface area contributed by atoms with Gasteiger partial charge in [0.05, 0.1) is 5.69 Å². The molecule has 1 N–H and O–H groups in total. The van der Waals surface area contributed by atoms with E-state index in [1.54, 1.807) is 29.2 Å². The van der Waals surface area contributed by atoms with E-state index >= 15 is 0 Å². The van der Waals surface area contributed by atoms with Crippen LogP contribution in [0.3, 0.4) is 0 Å². The van der Waals surface area contributed by atoms with Gasteiger partial charge in [-0.1, -0.05) is 30.3 Å². The lowest BCUT2D eigenvalue weighted by molar-refractivity contribution is -0.131. The first-order valence-corrected chi connectivity index (χ1v) is 8.87. The molecule has 1 atom stereocenters. The van der Waals surface area contributed by atoms with Gasteiger partial charge in [-0.25, -0.2) is 4.79 Å². The van der Waals surface area contributed by atoms with Gasteiger partial charge in [0.15, 0.2) is 5.75 Å². The number of carbonyl (C=O) groups excluding carboxylic acids is 3. The maximum atomic E-state index is 12.5. The van der Waals surface area contributed by atoms with Crippen LogP contribution in [0.5, 0.6) is 11.5 Å². The van der Waals surface area contributed by atoms with E-state index in [0.29, 0.717) is 30.2 Å². The predicted octanol–water partition coefficient (Wildman–Crippen LogP) is 2.84. The van der Waals surface area contributed by atoms with Crippen LogP contribution < -0.4 is 10.1 Å². The van der Waals surface area contributed by atoms with E-state index in [1.165, 1.54) is 0 Å². The number of anilines is 1. The molecule has 0 aromatic heterocycles. The topological polar surface area (TPSA) is 79.0 Å². The second kappa shape index (κ2) is 7.11. The van der Waals surface area contributed by atoms with E-state index in [1.807, 2.05) is 30.3 Å². The zero-order valence-corrected chi connectivity index (χ0v) is 14.6. The molecule has 0 radical (unpaired) electrons. The molecule has 2 aromatic carbocycles. The Balaban J connectivity index is 1.44. The second-order valence-electron chi connectivity index (χ2n) is 6.52. The van der Waals surface area contributed by atoms with Crippen LogP contribution in [0.25, 0.3) is 0 Å². The maximum absolute atomic E-state index is 12.5. The van der Waals surface area contributed by atoms with Gasteiger partial charge in [0.2, 0.25) is 5.91 Å². The third-order valence-electron chi connectivity index (χ3n) is 4.71. The number of fused-ring (bicyclic) bond motifs is 1. The van der Waals surface area contributed by atoms with E-state index in [0.717, 1.165) is 11.3 Å². The van der Waals surface area contributed by atoms with Crippen LogP contribution in [0.4, 0.5) is 10.5 Å². The van der Waals surface area contributed by atoms with Gasteiger partial charge in [-0.3, -0.25) is 14.5 Å². The summed E-state index contributed by atoms with van der Waals surface area (Å²) in [6.07, 6.45) is 1.49. The normalized spacial score (nSPS) is 18.6. The number of urea groups is 1. The molecule has 2 fully saturated rings. The Morgan fingerprint density at radius 3 is 2.59 bits per heavy atom. The zero-order valence-electron chi connectivity index (χ0n) is 14.6. The predicted molar refractivity (Wildman–Crippen MR) is 98.4 cm³/mol. The number of benzene rings is 2. The van der Waals surface area contributed by atoms with Crippen molar-refractivity contribution >= 4 is 23.5 Å². The molecule has 2 aromatic rings. The number of imide groups is 1. The number of hydrogen-bond donors (Lipinski definition) is 1. The average molecular weight is 365 g/mol. The van der Waals surface area contributed by atoms with Gasteiger partial charge in [0.1, 0.15) is 18.3 Å². The minimum absolute atomic E-state index is 0.290. The Labute approximate surface area is 156 Å². The second-order valence-corrected chi connectivity index (χ2v) is 6.52. The molecular formula is C20H19N3O4. The lowest BCUT2D eigenvalue weighted by Gasteiger charge is -2.16. The Kier molecular flexibility index (Phi) is 4.50. The molecular weight excluding hydrogens is 346 g/mol. The Hall–Kier alpha value is -3.35. The fraction of sp³-hybridized carbons (Fsp3) is 0.250. The fourth-order valence-electron chi connectivity index (χ4n) is 3.43. The molecule has 0 aliphatic carbocycles. The first kappa shape index (κ1) is 17.1. The van der Waals surface area contributed by atoms with Crippen molar-refractivity contribution in [3.63, 3.8) is 0 Å². The summed E-state index contributed by atoms with van der Waals surface area (Å²) < 4.78 is 5.81. The first-order valence-electron chi connectivity index (χ1n) is 8.87. The molecule has 0 saturated carbocycles. The van der Waals surface area contributed by atoms with Crippen LogP contribution in [-0.2, 0) is 9.59 Å². The van der Waals surface area contributed by atoms with Crippen molar-refractivity contribution < 1.29 is 19.1 Å². The molecule has 2 aliphatic heterocycles. The number of hydrogen-bond acceptors (Lipinski definition) is 4. The van der Waals surface area contributed by atoms with Crippen LogP contribution in [0.2, 0.25) is 0 Å². The van der Waals surface area contributed by atoms with E-state index in [9.17, 15) is 14.4 Å². The fourth-order valence-corrected chi connectivity index (χ4v) is 3.43. The van der Waals surface area contributed by atoms with Gasteiger partial charge in [0, 0.05) is 6.54 Å². The minimum Gasteiger partial charge on any atom is -0.455 e. The molecule has 7 nitrogen and oxygen atoms in total. The third-order valence-corrected chi connectivity index (χ3v) is 4.71. The highest BCUT2D eigenvalue weighted by Crippen LogP contribution is 2.30. The van der Waals surface area contributed by atoms with Crippen LogP contribution in [-0.4, -0.2) is 46.8 Å². The SMILES string of the molecule is O=C(CN1C(=O)C2CCCN2C1=O)Nc1ccccc1Oc1ccccc1. The first-order chi connectivity index (χ1) is 13.1. The molecule has 27 heavy (non-hydrogen) atoms. The Morgan fingerprint density at radius 1 is 1.07 bits per heavy atom. The number of para-hydroxylation sites is 3.